The molecule has 32 heavy (non-hydrogen) atoms. The summed E-state index contributed by atoms with van der Waals surface area (Å²) < 4.78 is 14.6. The highest BCUT2D eigenvalue weighted by Gasteiger charge is 2.22. The molecule has 0 unspecified atom stereocenters. The van der Waals surface area contributed by atoms with Gasteiger partial charge in [-0.3, -0.25) is 0 Å². The van der Waals surface area contributed by atoms with Gasteiger partial charge < -0.3 is 0 Å². The van der Waals surface area contributed by atoms with Crippen molar-refractivity contribution in [3.8, 4) is 22.3 Å². The van der Waals surface area contributed by atoms with Crippen molar-refractivity contribution in [2.75, 3.05) is 0 Å². The van der Waals surface area contributed by atoms with Crippen LogP contribution in [-0.4, -0.2) is 0 Å². The fraction of sp³-hybridized carbons (Fsp3) is 0.400. The molecular formula is C30H34ClF. The van der Waals surface area contributed by atoms with Crippen molar-refractivity contribution in [1.29, 1.82) is 0 Å². The zero-order valence-corrected chi connectivity index (χ0v) is 20.1. The second kappa shape index (κ2) is 10.7. The zero-order chi connectivity index (χ0) is 22.5. The van der Waals surface area contributed by atoms with Crippen LogP contribution in [0.25, 0.3) is 22.3 Å². The van der Waals surface area contributed by atoms with Crippen molar-refractivity contribution in [3.05, 3.63) is 82.6 Å². The number of unbranched alkanes of at least 4 members (excludes halogenated alkanes) is 2. The van der Waals surface area contributed by atoms with Crippen LogP contribution in [0.15, 0.2) is 60.7 Å². The van der Waals surface area contributed by atoms with Gasteiger partial charge in [0.05, 0.1) is 5.02 Å². The first-order valence-corrected chi connectivity index (χ1v) is 12.6. The third-order valence-electron chi connectivity index (χ3n) is 7.25. The predicted molar refractivity (Wildman–Crippen MR) is 136 cm³/mol. The fourth-order valence-electron chi connectivity index (χ4n) is 5.13. The molecule has 4 rings (SSSR count). The maximum atomic E-state index is 14.6. The monoisotopic (exact) mass is 448 g/mol. The van der Waals surface area contributed by atoms with Crippen molar-refractivity contribution < 1.29 is 4.39 Å². The van der Waals surface area contributed by atoms with E-state index in [2.05, 4.69) is 43.3 Å². The van der Waals surface area contributed by atoms with E-state index in [1.165, 1.54) is 62.5 Å². The van der Waals surface area contributed by atoms with Gasteiger partial charge in [0.25, 0.3) is 0 Å². The first-order valence-electron chi connectivity index (χ1n) is 12.2. The Morgan fingerprint density at radius 3 is 2.00 bits per heavy atom. The molecule has 168 valence electrons. The number of hydrogen-bond acceptors (Lipinski definition) is 0. The van der Waals surface area contributed by atoms with Crippen LogP contribution >= 0.6 is 11.6 Å². The van der Waals surface area contributed by atoms with Gasteiger partial charge in [0.15, 0.2) is 0 Å². The molecule has 0 bridgehead atoms. The molecular weight excluding hydrogens is 415 g/mol. The van der Waals surface area contributed by atoms with Crippen LogP contribution in [0.2, 0.25) is 5.02 Å². The minimum absolute atomic E-state index is 0.206. The Morgan fingerprint density at radius 1 is 0.781 bits per heavy atom. The summed E-state index contributed by atoms with van der Waals surface area (Å²) in [6.45, 7) is 4.11. The molecule has 2 heteroatoms. The summed E-state index contributed by atoms with van der Waals surface area (Å²) in [4.78, 5) is 0. The van der Waals surface area contributed by atoms with E-state index in [1.807, 2.05) is 25.1 Å². The van der Waals surface area contributed by atoms with Gasteiger partial charge in [-0.05, 0) is 72.3 Å². The molecule has 0 aromatic heterocycles. The summed E-state index contributed by atoms with van der Waals surface area (Å²) in [5, 5.41) is 0.206. The predicted octanol–water partition coefficient (Wildman–Crippen LogP) is 9.98. The highest BCUT2D eigenvalue weighted by molar-refractivity contribution is 6.31. The molecule has 1 saturated carbocycles. The Balaban J connectivity index is 1.40. The Hall–Kier alpha value is -2.12. The lowest BCUT2D eigenvalue weighted by atomic mass is 9.77. The average Bonchev–Trinajstić information content (AvgIpc) is 2.84. The Bertz CT molecular complexity index is 1010. The molecule has 0 heterocycles. The van der Waals surface area contributed by atoms with Crippen molar-refractivity contribution in [2.24, 2.45) is 5.92 Å². The molecule has 3 aromatic rings. The van der Waals surface area contributed by atoms with Gasteiger partial charge in [-0.25, -0.2) is 4.39 Å². The summed E-state index contributed by atoms with van der Waals surface area (Å²) >= 11 is 6.10. The largest absolute Gasteiger partial charge is 0.205 e. The second-order valence-corrected chi connectivity index (χ2v) is 9.85. The maximum Gasteiger partial charge on any atom is 0.149 e. The van der Waals surface area contributed by atoms with E-state index in [1.54, 1.807) is 6.07 Å². The molecule has 0 atom stereocenters. The molecule has 0 N–H and O–H groups in total. The van der Waals surface area contributed by atoms with Crippen molar-refractivity contribution in [2.45, 2.75) is 71.1 Å². The quantitative estimate of drug-likeness (QED) is 0.315. The van der Waals surface area contributed by atoms with E-state index in [9.17, 15) is 4.39 Å². The van der Waals surface area contributed by atoms with Gasteiger partial charge >= 0.3 is 0 Å². The average molecular weight is 449 g/mol. The van der Waals surface area contributed by atoms with Gasteiger partial charge in [-0.2, -0.15) is 0 Å². The van der Waals surface area contributed by atoms with Gasteiger partial charge in [0.1, 0.15) is 5.82 Å². The lowest BCUT2D eigenvalue weighted by Gasteiger charge is -2.29. The molecule has 0 radical (unpaired) electrons. The van der Waals surface area contributed by atoms with Gasteiger partial charge in [0.2, 0.25) is 0 Å². The van der Waals surface area contributed by atoms with E-state index in [-0.39, 0.29) is 10.8 Å². The summed E-state index contributed by atoms with van der Waals surface area (Å²) in [6.07, 6.45) is 11.0. The smallest absolute Gasteiger partial charge is 0.149 e. The topological polar surface area (TPSA) is 0 Å². The van der Waals surface area contributed by atoms with Crippen molar-refractivity contribution in [3.63, 3.8) is 0 Å². The van der Waals surface area contributed by atoms with Crippen LogP contribution in [0.3, 0.4) is 0 Å². The third kappa shape index (κ3) is 5.26. The molecule has 1 aliphatic rings. The van der Waals surface area contributed by atoms with Gasteiger partial charge in [-0.1, -0.05) is 105 Å². The van der Waals surface area contributed by atoms with Crippen molar-refractivity contribution >= 4 is 11.6 Å². The minimum atomic E-state index is -0.344. The summed E-state index contributed by atoms with van der Waals surface area (Å²) in [6, 6.07) is 20.9. The maximum absolute atomic E-state index is 14.6. The van der Waals surface area contributed by atoms with Gasteiger partial charge in [-0.15, -0.1) is 0 Å². The van der Waals surface area contributed by atoms with Crippen LogP contribution < -0.4 is 0 Å². The first-order chi connectivity index (χ1) is 15.6. The molecule has 3 aromatic carbocycles. The number of halogens is 2. The summed E-state index contributed by atoms with van der Waals surface area (Å²) in [5.41, 5.74) is 5.99. The zero-order valence-electron chi connectivity index (χ0n) is 19.3. The molecule has 0 saturated heterocycles. The normalized spacial score (nSPS) is 18.6. The minimum Gasteiger partial charge on any atom is -0.205 e. The Labute approximate surface area is 197 Å². The van der Waals surface area contributed by atoms with E-state index >= 15 is 0 Å². The van der Waals surface area contributed by atoms with E-state index in [0.29, 0.717) is 11.5 Å². The summed E-state index contributed by atoms with van der Waals surface area (Å²) in [7, 11) is 0. The highest BCUT2D eigenvalue weighted by atomic mass is 35.5. The van der Waals surface area contributed by atoms with Crippen LogP contribution in [0, 0.1) is 18.7 Å². The van der Waals surface area contributed by atoms with E-state index in [4.69, 9.17) is 11.6 Å². The molecule has 1 fully saturated rings. The SMILES string of the molecule is CCCCCC1CCC(c2ccc(-c3ccc(-c4ccc(C)c(Cl)c4F)cc3)cc2)CC1. The lowest BCUT2D eigenvalue weighted by Crippen LogP contribution is -2.13. The van der Waals surface area contributed by atoms with Crippen LogP contribution in [0.1, 0.15) is 75.3 Å². The molecule has 0 amide bonds. The second-order valence-electron chi connectivity index (χ2n) is 9.47. The number of aryl methyl sites for hydroxylation is 1. The Kier molecular flexibility index (Phi) is 7.68. The standard InChI is InChI=1S/C30H34ClF/c1-3-4-5-6-22-8-10-23(11-9-22)24-12-14-25(15-13-24)26-16-18-27(19-17-26)28-20-7-21(2)29(31)30(28)32/h7,12-20,22-23H,3-6,8-11H2,1-2H3. The molecule has 0 spiro atoms. The Morgan fingerprint density at radius 2 is 1.38 bits per heavy atom. The van der Waals surface area contributed by atoms with Gasteiger partial charge in [0, 0.05) is 5.56 Å². The van der Waals surface area contributed by atoms with E-state index < -0.39 is 0 Å². The number of rotatable bonds is 7. The molecule has 0 aliphatic heterocycles. The van der Waals surface area contributed by atoms with E-state index in [0.717, 1.165) is 22.6 Å². The van der Waals surface area contributed by atoms with Crippen LogP contribution in [-0.2, 0) is 0 Å². The number of hydrogen-bond donors (Lipinski definition) is 0. The molecule has 0 nitrogen and oxygen atoms in total. The highest BCUT2D eigenvalue weighted by Crippen LogP contribution is 2.38. The fourth-order valence-corrected chi connectivity index (χ4v) is 5.29. The third-order valence-corrected chi connectivity index (χ3v) is 7.71. The lowest BCUT2D eigenvalue weighted by molar-refractivity contribution is 0.303. The number of benzene rings is 3. The van der Waals surface area contributed by atoms with Crippen LogP contribution in [0.5, 0.6) is 0 Å². The first kappa shape index (κ1) is 23.1. The summed E-state index contributed by atoms with van der Waals surface area (Å²) in [5.74, 6) is 1.32. The van der Waals surface area contributed by atoms with Crippen molar-refractivity contribution in [1.82, 2.24) is 0 Å². The molecule has 1 aliphatic carbocycles. The van der Waals surface area contributed by atoms with Crippen LogP contribution in [0.4, 0.5) is 4.39 Å².